The zero-order valence-corrected chi connectivity index (χ0v) is 13.3. The first-order chi connectivity index (χ1) is 10.3. The van der Waals surface area contributed by atoms with E-state index in [9.17, 15) is 9.36 Å². The van der Waals surface area contributed by atoms with Crippen molar-refractivity contribution in [1.29, 1.82) is 0 Å². The van der Waals surface area contributed by atoms with E-state index in [1.807, 2.05) is 0 Å². The lowest BCUT2D eigenvalue weighted by atomic mass is 9.54. The molecule has 8 heteroatoms. The van der Waals surface area contributed by atoms with Crippen molar-refractivity contribution in [2.75, 3.05) is 0 Å². The van der Waals surface area contributed by atoms with Gasteiger partial charge in [0.2, 0.25) is 0 Å². The van der Waals surface area contributed by atoms with Gasteiger partial charge in [-0.05, 0) is 56.3 Å². The van der Waals surface area contributed by atoms with Crippen LogP contribution in [0, 0.1) is 17.8 Å². The Labute approximate surface area is 129 Å². The number of carbonyl (C=O) groups excluding carboxylic acids is 1. The number of carbonyl (C=O) groups is 1. The molecule has 124 valence electrons. The maximum Gasteiger partial charge on any atom is 0.455 e. The largest absolute Gasteiger partial charge is 0.455 e. The van der Waals surface area contributed by atoms with E-state index in [-0.39, 0.29) is 5.60 Å². The average Bonchev–Trinajstić information content (AvgIpc) is 2.35. The number of nitrogens with one attached hydrogen (secondary N) is 1. The van der Waals surface area contributed by atoms with Crippen molar-refractivity contribution in [1.82, 2.24) is 5.48 Å². The molecule has 4 rings (SSSR count). The minimum Gasteiger partial charge on any atom is -0.379 e. The van der Waals surface area contributed by atoms with Gasteiger partial charge in [0.1, 0.15) is 6.04 Å². The first-order valence-electron chi connectivity index (χ1n) is 7.69. The number of hydrogen-bond donors (Lipinski definition) is 3. The smallest absolute Gasteiger partial charge is 0.379 e. The van der Waals surface area contributed by atoms with E-state index < -0.39 is 19.8 Å². The Hall–Kier alpha value is -0.720. The van der Waals surface area contributed by atoms with Crippen LogP contribution >= 0.6 is 7.75 Å². The fourth-order valence-corrected chi connectivity index (χ4v) is 5.09. The molecular formula is C14H23N2O5P. The standard InChI is InChI=1S/C14H23N2O5P/c1-2-12(13(17)20-22(15,18)19)16-21-14-6-9-3-10(7-14)5-11(4-9)8-14/h2,9-12,16H,1,3-8H2,(H3,15,18,19)/t9?,10?,11?,12-,14?/m0/s1. The van der Waals surface area contributed by atoms with Gasteiger partial charge in [-0.2, -0.15) is 5.48 Å². The average molecular weight is 330 g/mol. The van der Waals surface area contributed by atoms with Crippen molar-refractivity contribution in [2.45, 2.75) is 50.2 Å². The summed E-state index contributed by atoms with van der Waals surface area (Å²) in [5.41, 5.74) is 7.27. The molecule has 0 radical (unpaired) electrons. The SMILES string of the molecule is C=C[C@H](NOC12CC3CC(CC(C3)C1)C2)C(=O)OP(N)(=O)O. The summed E-state index contributed by atoms with van der Waals surface area (Å²) in [6.45, 7) is 3.52. The van der Waals surface area contributed by atoms with Gasteiger partial charge in [0.15, 0.2) is 0 Å². The second kappa shape index (κ2) is 5.73. The summed E-state index contributed by atoms with van der Waals surface area (Å²) < 4.78 is 15.3. The highest BCUT2D eigenvalue weighted by molar-refractivity contribution is 7.50. The third kappa shape index (κ3) is 3.44. The number of hydrogen-bond acceptors (Lipinski definition) is 5. The number of nitrogens with two attached hydrogens (primary N) is 1. The molecule has 7 nitrogen and oxygen atoms in total. The first-order valence-corrected chi connectivity index (χ1v) is 9.34. The predicted molar refractivity (Wildman–Crippen MR) is 79.2 cm³/mol. The fraction of sp³-hybridized carbons (Fsp3) is 0.786. The van der Waals surface area contributed by atoms with Gasteiger partial charge in [-0.25, -0.2) is 14.9 Å². The Bertz CT molecular complexity index is 482. The molecule has 4 N–H and O–H groups in total. The molecule has 4 fully saturated rings. The second-order valence-corrected chi connectivity index (χ2v) is 8.32. The molecular weight excluding hydrogens is 307 g/mol. The van der Waals surface area contributed by atoms with Crippen LogP contribution in [0.4, 0.5) is 0 Å². The molecule has 0 saturated heterocycles. The highest BCUT2D eigenvalue weighted by atomic mass is 31.2. The third-order valence-electron chi connectivity index (χ3n) is 5.09. The van der Waals surface area contributed by atoms with E-state index in [1.165, 1.54) is 25.3 Å². The van der Waals surface area contributed by atoms with Gasteiger partial charge in [0.25, 0.3) is 0 Å². The van der Waals surface area contributed by atoms with Crippen LogP contribution in [0.15, 0.2) is 12.7 Å². The minimum atomic E-state index is -4.36. The first kappa shape index (κ1) is 16.1. The molecule has 4 bridgehead atoms. The molecule has 0 amide bonds. The van der Waals surface area contributed by atoms with E-state index in [4.69, 9.17) is 15.2 Å². The molecule has 0 aromatic carbocycles. The van der Waals surface area contributed by atoms with Gasteiger partial charge in [-0.3, -0.25) is 4.84 Å². The summed E-state index contributed by atoms with van der Waals surface area (Å²) in [7, 11) is -4.36. The van der Waals surface area contributed by atoms with Crippen LogP contribution in [0.1, 0.15) is 38.5 Å². The van der Waals surface area contributed by atoms with Crippen LogP contribution in [0.25, 0.3) is 0 Å². The minimum absolute atomic E-state index is 0.234. The maximum atomic E-state index is 11.8. The molecule has 0 spiro atoms. The summed E-state index contributed by atoms with van der Waals surface area (Å²) in [5.74, 6) is 1.17. The van der Waals surface area contributed by atoms with Crippen LogP contribution in [-0.4, -0.2) is 22.5 Å². The lowest BCUT2D eigenvalue weighted by Gasteiger charge is -2.55. The molecule has 22 heavy (non-hydrogen) atoms. The summed E-state index contributed by atoms with van der Waals surface area (Å²) in [4.78, 5) is 26.6. The Morgan fingerprint density at radius 2 is 1.82 bits per heavy atom. The number of hydroxylamine groups is 1. The van der Waals surface area contributed by atoms with Gasteiger partial charge in [0, 0.05) is 0 Å². The summed E-state index contributed by atoms with van der Waals surface area (Å²) in [6, 6.07) is -1.02. The van der Waals surface area contributed by atoms with Crippen LogP contribution in [-0.2, 0) is 18.7 Å². The Balaban J connectivity index is 1.60. The van der Waals surface area contributed by atoms with Crippen LogP contribution in [0.5, 0.6) is 0 Å². The Morgan fingerprint density at radius 1 is 1.32 bits per heavy atom. The second-order valence-electron chi connectivity index (χ2n) is 7.01. The Kier molecular flexibility index (Phi) is 4.20. The molecule has 0 aromatic heterocycles. The van der Waals surface area contributed by atoms with Crippen molar-refractivity contribution in [3.8, 4) is 0 Å². The molecule has 4 aliphatic rings. The molecule has 2 atom stereocenters. The van der Waals surface area contributed by atoms with E-state index in [2.05, 4.69) is 16.6 Å². The van der Waals surface area contributed by atoms with Gasteiger partial charge in [0.05, 0.1) is 5.60 Å². The Morgan fingerprint density at radius 3 is 2.23 bits per heavy atom. The van der Waals surface area contributed by atoms with Crippen molar-refractivity contribution in [3.05, 3.63) is 12.7 Å². The normalized spacial score (nSPS) is 40.0. The monoisotopic (exact) mass is 330 g/mol. The van der Waals surface area contributed by atoms with Gasteiger partial charge >= 0.3 is 13.7 Å². The van der Waals surface area contributed by atoms with E-state index in [0.717, 1.165) is 19.3 Å². The fourth-order valence-electron chi connectivity index (χ4n) is 4.72. The lowest BCUT2D eigenvalue weighted by Crippen LogP contribution is -2.55. The molecule has 0 aliphatic heterocycles. The van der Waals surface area contributed by atoms with Crippen molar-refractivity contribution in [3.63, 3.8) is 0 Å². The third-order valence-corrected chi connectivity index (χ3v) is 5.54. The zero-order chi connectivity index (χ0) is 16.0. The topological polar surface area (TPSA) is 111 Å². The summed E-state index contributed by atoms with van der Waals surface area (Å²) in [5, 5.41) is 0. The van der Waals surface area contributed by atoms with E-state index in [1.54, 1.807) is 0 Å². The molecule has 4 saturated carbocycles. The highest BCUT2D eigenvalue weighted by Crippen LogP contribution is 2.56. The van der Waals surface area contributed by atoms with Gasteiger partial charge in [-0.15, -0.1) is 6.58 Å². The van der Waals surface area contributed by atoms with Crippen LogP contribution in [0.2, 0.25) is 0 Å². The van der Waals surface area contributed by atoms with E-state index >= 15 is 0 Å². The van der Waals surface area contributed by atoms with Crippen molar-refractivity contribution >= 4 is 13.7 Å². The molecule has 0 aromatic rings. The van der Waals surface area contributed by atoms with Crippen molar-refractivity contribution < 1.29 is 23.6 Å². The van der Waals surface area contributed by atoms with Gasteiger partial charge < -0.3 is 9.42 Å². The summed E-state index contributed by atoms with van der Waals surface area (Å²) >= 11 is 0. The van der Waals surface area contributed by atoms with Crippen molar-refractivity contribution in [2.24, 2.45) is 23.3 Å². The lowest BCUT2D eigenvalue weighted by molar-refractivity contribution is -0.202. The van der Waals surface area contributed by atoms with Crippen LogP contribution < -0.4 is 11.0 Å². The quantitative estimate of drug-likeness (QED) is 0.385. The number of rotatable bonds is 6. The predicted octanol–water partition coefficient (Wildman–Crippen LogP) is 1.63. The molecule has 4 aliphatic carbocycles. The van der Waals surface area contributed by atoms with Crippen LogP contribution in [0.3, 0.4) is 0 Å². The molecule has 0 heterocycles. The van der Waals surface area contributed by atoms with E-state index in [0.29, 0.717) is 17.8 Å². The zero-order valence-electron chi connectivity index (χ0n) is 12.4. The van der Waals surface area contributed by atoms with Gasteiger partial charge in [-0.1, -0.05) is 6.08 Å². The summed E-state index contributed by atoms with van der Waals surface area (Å²) in [6.07, 6.45) is 8.14. The molecule has 1 unspecified atom stereocenters. The maximum absolute atomic E-state index is 11.8. The highest BCUT2D eigenvalue weighted by Gasteiger charge is 2.52.